The molecule has 1 saturated heterocycles. The summed E-state index contributed by atoms with van der Waals surface area (Å²) in [5.41, 5.74) is 0.411. The van der Waals surface area contributed by atoms with E-state index in [1.165, 1.54) is 6.33 Å². The van der Waals surface area contributed by atoms with Crippen molar-refractivity contribution in [2.24, 2.45) is 0 Å². The lowest BCUT2D eigenvalue weighted by Crippen LogP contribution is -2.30. The van der Waals surface area contributed by atoms with E-state index in [0.717, 1.165) is 6.42 Å². The highest BCUT2D eigenvalue weighted by atomic mass is 19.1. The molecule has 0 aromatic carbocycles. The summed E-state index contributed by atoms with van der Waals surface area (Å²) in [6.45, 7) is 4.70. The smallest absolute Gasteiger partial charge is 0.219 e. The topological polar surface area (TPSA) is 58.1 Å². The molecule has 1 aliphatic heterocycles. The number of halogens is 1. The molecule has 1 N–H and O–H groups in total. The highest BCUT2D eigenvalue weighted by Gasteiger charge is 2.25. The van der Waals surface area contributed by atoms with Gasteiger partial charge in [-0.1, -0.05) is 6.92 Å². The molecule has 1 aliphatic rings. The van der Waals surface area contributed by atoms with Gasteiger partial charge in [0.05, 0.1) is 5.69 Å². The lowest BCUT2D eigenvalue weighted by molar-refractivity contribution is -0.127. The minimum absolute atomic E-state index is 0.0525. The molecule has 0 radical (unpaired) electrons. The van der Waals surface area contributed by atoms with Crippen molar-refractivity contribution in [1.82, 2.24) is 14.9 Å². The summed E-state index contributed by atoms with van der Waals surface area (Å²) in [5.74, 6) is -0.102. The third kappa shape index (κ3) is 2.57. The van der Waals surface area contributed by atoms with Crippen LogP contribution in [0.4, 0.5) is 10.2 Å². The Labute approximate surface area is 105 Å². The molecule has 5 nitrogen and oxygen atoms in total. The first-order valence-corrected chi connectivity index (χ1v) is 6.13. The minimum Gasteiger partial charge on any atom is -0.363 e. The highest BCUT2D eigenvalue weighted by Crippen LogP contribution is 2.18. The van der Waals surface area contributed by atoms with Crippen molar-refractivity contribution in [1.29, 1.82) is 0 Å². The fraction of sp³-hybridized carbons (Fsp3) is 0.583. The molecule has 1 atom stereocenters. The molecule has 1 aromatic rings. The van der Waals surface area contributed by atoms with Crippen LogP contribution in [0.25, 0.3) is 0 Å². The van der Waals surface area contributed by atoms with E-state index in [4.69, 9.17) is 0 Å². The summed E-state index contributed by atoms with van der Waals surface area (Å²) in [5, 5.41) is 3.05. The molecular formula is C12H17FN4O. The van der Waals surface area contributed by atoms with Gasteiger partial charge in [-0.15, -0.1) is 0 Å². The average Bonchev–Trinajstić information content (AvgIpc) is 2.80. The van der Waals surface area contributed by atoms with E-state index >= 15 is 0 Å². The van der Waals surface area contributed by atoms with Gasteiger partial charge in [0.1, 0.15) is 6.33 Å². The van der Waals surface area contributed by atoms with Gasteiger partial charge in [0.2, 0.25) is 5.91 Å². The Balaban J connectivity index is 2.05. The van der Waals surface area contributed by atoms with Crippen molar-refractivity contribution in [3.63, 3.8) is 0 Å². The Morgan fingerprint density at radius 2 is 2.39 bits per heavy atom. The first-order chi connectivity index (χ1) is 8.61. The van der Waals surface area contributed by atoms with Crippen LogP contribution in [-0.4, -0.2) is 39.9 Å². The molecule has 2 rings (SSSR count). The number of nitrogens with one attached hydrogen (secondary N) is 1. The van der Waals surface area contributed by atoms with Gasteiger partial charge < -0.3 is 10.2 Å². The van der Waals surface area contributed by atoms with E-state index < -0.39 is 0 Å². The second-order valence-corrected chi connectivity index (χ2v) is 4.43. The van der Waals surface area contributed by atoms with Crippen LogP contribution in [0.15, 0.2) is 6.33 Å². The zero-order chi connectivity index (χ0) is 13.1. The van der Waals surface area contributed by atoms with Gasteiger partial charge in [0, 0.05) is 26.1 Å². The van der Waals surface area contributed by atoms with Crippen molar-refractivity contribution in [3.8, 4) is 0 Å². The third-order valence-corrected chi connectivity index (χ3v) is 3.17. The molecule has 1 fully saturated rings. The molecule has 0 saturated carbocycles. The van der Waals surface area contributed by atoms with Crippen molar-refractivity contribution >= 4 is 11.7 Å². The normalized spacial score (nSPS) is 19.1. The molecule has 1 amide bonds. The molecule has 98 valence electrons. The minimum atomic E-state index is -0.388. The van der Waals surface area contributed by atoms with E-state index in [1.54, 1.807) is 11.8 Å². The van der Waals surface area contributed by atoms with Gasteiger partial charge in [-0.2, -0.15) is 0 Å². The lowest BCUT2D eigenvalue weighted by Gasteiger charge is -2.16. The molecule has 0 aliphatic carbocycles. The summed E-state index contributed by atoms with van der Waals surface area (Å²) in [6, 6.07) is 0.0583. The third-order valence-electron chi connectivity index (χ3n) is 3.17. The van der Waals surface area contributed by atoms with E-state index in [0.29, 0.717) is 25.2 Å². The molecule has 0 spiro atoms. The summed E-state index contributed by atoms with van der Waals surface area (Å²) in [6.07, 6.45) is 2.71. The first-order valence-electron chi connectivity index (χ1n) is 6.13. The molecule has 0 bridgehead atoms. The number of carbonyl (C=O) groups is 1. The van der Waals surface area contributed by atoms with E-state index in [2.05, 4.69) is 15.3 Å². The van der Waals surface area contributed by atoms with Crippen LogP contribution in [0.3, 0.4) is 0 Å². The first kappa shape index (κ1) is 12.7. The number of hydrogen-bond acceptors (Lipinski definition) is 4. The van der Waals surface area contributed by atoms with Gasteiger partial charge in [-0.3, -0.25) is 4.79 Å². The quantitative estimate of drug-likeness (QED) is 0.878. The van der Waals surface area contributed by atoms with Crippen LogP contribution in [-0.2, 0) is 11.2 Å². The number of carbonyl (C=O) groups excluding carboxylic acids is 1. The Hall–Kier alpha value is -1.72. The van der Waals surface area contributed by atoms with Crippen LogP contribution in [0.2, 0.25) is 0 Å². The van der Waals surface area contributed by atoms with Gasteiger partial charge in [0.15, 0.2) is 11.6 Å². The Morgan fingerprint density at radius 1 is 1.61 bits per heavy atom. The number of likely N-dealkylation sites (tertiary alicyclic amines) is 1. The number of aryl methyl sites for hydroxylation is 1. The molecule has 1 aromatic heterocycles. The second-order valence-electron chi connectivity index (χ2n) is 4.43. The van der Waals surface area contributed by atoms with Gasteiger partial charge in [-0.25, -0.2) is 14.4 Å². The number of anilines is 1. The molecule has 18 heavy (non-hydrogen) atoms. The summed E-state index contributed by atoms with van der Waals surface area (Å²) < 4.78 is 13.9. The van der Waals surface area contributed by atoms with Crippen molar-refractivity contribution in [3.05, 3.63) is 17.8 Å². The second kappa shape index (κ2) is 5.29. The Bertz CT molecular complexity index is 452. The summed E-state index contributed by atoms with van der Waals surface area (Å²) in [7, 11) is 0. The monoisotopic (exact) mass is 252 g/mol. The Morgan fingerprint density at radius 3 is 3.00 bits per heavy atom. The largest absolute Gasteiger partial charge is 0.363 e. The number of hydrogen-bond donors (Lipinski definition) is 1. The van der Waals surface area contributed by atoms with Crippen LogP contribution < -0.4 is 5.32 Å². The number of rotatable bonds is 3. The number of aromatic nitrogens is 2. The predicted octanol–water partition coefficient (Wildman–Crippen LogP) is 1.21. The summed E-state index contributed by atoms with van der Waals surface area (Å²) >= 11 is 0. The van der Waals surface area contributed by atoms with E-state index in [9.17, 15) is 9.18 Å². The van der Waals surface area contributed by atoms with E-state index in [1.807, 2.05) is 6.92 Å². The standard InChI is InChI=1S/C12H17FN4O/c1-3-10-11(13)12(15-7-14-10)16-9-4-5-17(6-9)8(2)18/h7,9H,3-6H2,1-2H3,(H,14,15,16). The van der Waals surface area contributed by atoms with Crippen LogP contribution in [0.1, 0.15) is 26.0 Å². The van der Waals surface area contributed by atoms with Gasteiger partial charge in [-0.05, 0) is 12.8 Å². The SMILES string of the molecule is CCc1ncnc(NC2CCN(C(C)=O)C2)c1F. The fourth-order valence-corrected chi connectivity index (χ4v) is 2.11. The van der Waals surface area contributed by atoms with E-state index in [-0.39, 0.29) is 23.6 Å². The molecule has 2 heterocycles. The number of nitrogens with zero attached hydrogens (tertiary/aromatic N) is 3. The molecular weight excluding hydrogens is 235 g/mol. The predicted molar refractivity (Wildman–Crippen MR) is 65.6 cm³/mol. The van der Waals surface area contributed by atoms with Crippen molar-refractivity contribution in [2.45, 2.75) is 32.7 Å². The molecule has 6 heteroatoms. The van der Waals surface area contributed by atoms with Crippen LogP contribution in [0.5, 0.6) is 0 Å². The van der Waals surface area contributed by atoms with Crippen LogP contribution >= 0.6 is 0 Å². The zero-order valence-electron chi connectivity index (χ0n) is 10.6. The highest BCUT2D eigenvalue weighted by molar-refractivity contribution is 5.73. The van der Waals surface area contributed by atoms with Crippen molar-refractivity contribution < 1.29 is 9.18 Å². The maximum atomic E-state index is 13.9. The van der Waals surface area contributed by atoms with Crippen LogP contribution in [0, 0.1) is 5.82 Å². The Kier molecular flexibility index (Phi) is 3.74. The maximum Gasteiger partial charge on any atom is 0.219 e. The maximum absolute atomic E-state index is 13.9. The van der Waals surface area contributed by atoms with Gasteiger partial charge in [0.25, 0.3) is 0 Å². The van der Waals surface area contributed by atoms with Gasteiger partial charge >= 0.3 is 0 Å². The van der Waals surface area contributed by atoms with Crippen molar-refractivity contribution in [2.75, 3.05) is 18.4 Å². The zero-order valence-corrected chi connectivity index (χ0v) is 10.6. The average molecular weight is 252 g/mol. The summed E-state index contributed by atoms with van der Waals surface area (Å²) in [4.78, 5) is 20.8. The molecule has 1 unspecified atom stereocenters. The fourth-order valence-electron chi connectivity index (χ4n) is 2.11. The number of amides is 1. The lowest BCUT2D eigenvalue weighted by atomic mass is 10.2.